The number of hydrogen-bond acceptors (Lipinski definition) is 0. The molecule has 0 heteroatoms. The van der Waals surface area contributed by atoms with Gasteiger partial charge in [-0.25, -0.2) is 0 Å². The highest BCUT2D eigenvalue weighted by Gasteiger charge is 2.35. The van der Waals surface area contributed by atoms with Gasteiger partial charge in [0.25, 0.3) is 0 Å². The lowest BCUT2D eigenvalue weighted by atomic mass is 9.79. The van der Waals surface area contributed by atoms with Gasteiger partial charge < -0.3 is 0 Å². The quantitative estimate of drug-likeness (QED) is 0.114. The van der Waals surface area contributed by atoms with Crippen LogP contribution >= 0.6 is 0 Å². The average molecular weight is 1780 g/mol. The molecular formula is C140H94. The van der Waals surface area contributed by atoms with Crippen molar-refractivity contribution in [1.82, 2.24) is 0 Å². The first-order chi connectivity index (χ1) is 69.3. The van der Waals surface area contributed by atoms with Crippen LogP contribution in [0, 0.1) is 6.92 Å². The van der Waals surface area contributed by atoms with Gasteiger partial charge in [-0.3, -0.25) is 0 Å². The Morgan fingerprint density at radius 3 is 1.19 bits per heavy atom. The van der Waals surface area contributed by atoms with Crippen LogP contribution in [0.3, 0.4) is 0 Å². The topological polar surface area (TPSA) is 0 Å². The summed E-state index contributed by atoms with van der Waals surface area (Å²) < 4.78 is 0. The maximum Gasteiger partial charge on any atom is -0.000398 e. The van der Waals surface area contributed by atoms with Crippen molar-refractivity contribution in [2.24, 2.45) is 0 Å². The predicted octanol–water partition coefficient (Wildman–Crippen LogP) is 36.2. The fraction of sp³-hybridized carbons (Fsp3) is 0.0857. The molecule has 0 bridgehead atoms. The molecule has 0 amide bonds. The fourth-order valence-electron chi connectivity index (χ4n) is 27.0. The summed E-state index contributed by atoms with van der Waals surface area (Å²) in [6.45, 7) is 2.28. The van der Waals surface area contributed by atoms with Crippen molar-refractivity contribution >= 4 is 113 Å². The van der Waals surface area contributed by atoms with Crippen LogP contribution in [-0.4, -0.2) is 0 Å². The summed E-state index contributed by atoms with van der Waals surface area (Å²) in [5, 5.41) is 27.4. The van der Waals surface area contributed by atoms with Gasteiger partial charge in [0.2, 0.25) is 0 Å². The largest absolute Gasteiger partial charge is 0.0839 e. The van der Waals surface area contributed by atoms with Crippen LogP contribution in [0.15, 0.2) is 424 Å². The van der Waals surface area contributed by atoms with E-state index in [0.717, 1.165) is 57.8 Å². The van der Waals surface area contributed by atoms with Gasteiger partial charge in [-0.15, -0.1) is 0 Å². The molecule has 0 fully saturated rings. The summed E-state index contributed by atoms with van der Waals surface area (Å²) >= 11 is 0. The molecule has 10 aliphatic rings. The monoisotopic (exact) mass is 1770 g/mol. The minimum Gasteiger partial charge on any atom is -0.0839 e. The van der Waals surface area contributed by atoms with Crippen molar-refractivity contribution in [2.75, 3.05) is 0 Å². The second-order valence-electron chi connectivity index (χ2n) is 40.7. The van der Waals surface area contributed by atoms with Gasteiger partial charge in [0.1, 0.15) is 0 Å². The van der Waals surface area contributed by atoms with E-state index in [1.54, 1.807) is 11.1 Å². The summed E-state index contributed by atoms with van der Waals surface area (Å²) in [5.74, 6) is 0. The van der Waals surface area contributed by atoms with Crippen molar-refractivity contribution in [3.63, 3.8) is 0 Å². The van der Waals surface area contributed by atoms with Crippen LogP contribution in [0.25, 0.3) is 213 Å². The molecule has 0 aliphatic heterocycles. The van der Waals surface area contributed by atoms with Crippen LogP contribution in [0.5, 0.6) is 0 Å². The maximum atomic E-state index is 2.52. The standard InChI is InChI=1S/C28H18.C28H20.2C28H18.C28H20/c1-4-10-21-17(6-1)14-19-8-5-11-24-23-13-12-22-20-9-3-2-7-18(20)15-25(22)26(23)16-27(21)28(19)24;1-3-9-22-18(7-1)13-20-14-26-21(15-25(20)22)16-27-23-10-4-2-6-17(23)12-19-8-5-11-24(26)28(19)27;1-3-9-20-17(6-1)14-25-22(20)12-13-23-26(25)16-19-8-5-11-24-21-10-4-2-7-18(21)15-27(23)28(19)24;1-2-6-18-14-26-20(11-17(18)5-1)9-10-21-13-23-15-25-22(16-27(23)28(21)26)12-19-7-3-4-8-24(19)25;1-18-24(19-7-3-2-4-8-19)13-14-25-26(18)17-23-12-11-22-15-20-9-5-6-10-21(20)16-27(22)28(23)25/h1-14H,15-16H2;1-2,4-8,10-12,14-15H,3,9,13,16H2;1-13,15H,14,16H2;1-11,14-16H,12-13H2;2-16H,17H2,1H3. The van der Waals surface area contributed by atoms with Crippen LogP contribution < -0.4 is 0 Å². The Morgan fingerprint density at radius 2 is 0.550 bits per heavy atom. The molecule has 0 unspecified atom stereocenters. The smallest absolute Gasteiger partial charge is 0.000398 e. The van der Waals surface area contributed by atoms with Crippen LogP contribution in [0.2, 0.25) is 0 Å². The van der Waals surface area contributed by atoms with Crippen molar-refractivity contribution in [1.29, 1.82) is 0 Å². The molecule has 0 N–H and O–H groups in total. The molecule has 140 heavy (non-hydrogen) atoms. The van der Waals surface area contributed by atoms with Gasteiger partial charge in [-0.1, -0.05) is 358 Å². The summed E-state index contributed by atoms with van der Waals surface area (Å²) in [6, 6.07) is 152. The Kier molecular flexibility index (Phi) is 17.7. The Labute approximate surface area is 814 Å². The number of fused-ring (bicyclic) bond motifs is 37. The van der Waals surface area contributed by atoms with Crippen molar-refractivity contribution in [3.05, 3.63) is 530 Å². The SMILES string of the molecule is C1=CC2=C(CC1)c1cc3c(cc1C2)-c1cccc2cc4ccccc4c(c12)C3.Cc1c(-c2ccccc2)ccc2c1Cc1ccc3cc4ccccc4cc3c1-2.c1ccc2c(c1)Cc1c-2ccc2c1Cc1c3ccccc3cc3cccc-2c13.c1ccc2c(c1)Cc1c-2ccc2c1Cc1cccc3c1c-2cc1ccccc13.c1ccc2c(c1)Cc1cc3c(cc1-2)Cc1ccc2cc4ccccc4cc2c1-3. The number of hydrogen-bond donors (Lipinski definition) is 0. The lowest BCUT2D eigenvalue weighted by molar-refractivity contribution is 1.04. The van der Waals surface area contributed by atoms with Crippen LogP contribution in [0.1, 0.15) is 119 Å². The van der Waals surface area contributed by atoms with Crippen molar-refractivity contribution in [3.8, 4) is 100 Å². The zero-order chi connectivity index (χ0) is 91.6. The molecule has 0 aromatic heterocycles. The zero-order valence-corrected chi connectivity index (χ0v) is 78.1. The van der Waals surface area contributed by atoms with E-state index >= 15 is 0 Å². The summed E-state index contributed by atoms with van der Waals surface area (Å²) in [4.78, 5) is 0. The molecule has 0 radical (unpaired) electrons. The zero-order valence-electron chi connectivity index (χ0n) is 78.1. The Balaban J connectivity index is 0.0000000823. The lowest BCUT2D eigenvalue weighted by Crippen LogP contribution is -2.05. The van der Waals surface area contributed by atoms with Crippen LogP contribution in [0.4, 0.5) is 0 Å². The highest BCUT2D eigenvalue weighted by atomic mass is 14.4. The molecule has 0 saturated carbocycles. The lowest BCUT2D eigenvalue weighted by Gasteiger charge is -2.25. The van der Waals surface area contributed by atoms with Crippen LogP contribution in [-0.2, 0) is 57.8 Å². The average Bonchev–Trinajstić information content (AvgIpc) is 1.38. The summed E-state index contributed by atoms with van der Waals surface area (Å²) in [7, 11) is 0. The molecular weight excluding hydrogens is 1680 g/mol. The first-order valence-corrected chi connectivity index (χ1v) is 50.4. The number of allylic oxidation sites excluding steroid dienone is 4. The third kappa shape index (κ3) is 12.3. The van der Waals surface area contributed by atoms with Crippen molar-refractivity contribution < 1.29 is 0 Å². The highest BCUT2D eigenvalue weighted by Crippen LogP contribution is 2.56. The Hall–Kier alpha value is -16.6. The van der Waals surface area contributed by atoms with E-state index in [9.17, 15) is 0 Å². The summed E-state index contributed by atoms with van der Waals surface area (Å²) in [5.41, 5.74) is 57.0. The minimum absolute atomic E-state index is 1.03. The van der Waals surface area contributed by atoms with E-state index < -0.39 is 0 Å². The predicted molar refractivity (Wildman–Crippen MR) is 592 cm³/mol. The van der Waals surface area contributed by atoms with E-state index in [-0.39, 0.29) is 0 Å². The number of benzene rings is 24. The highest BCUT2D eigenvalue weighted by molar-refractivity contribution is 6.18. The minimum atomic E-state index is 1.03. The maximum absolute atomic E-state index is 2.52. The molecule has 24 aromatic carbocycles. The second-order valence-corrected chi connectivity index (χ2v) is 40.7. The van der Waals surface area contributed by atoms with E-state index in [0.29, 0.717) is 0 Å². The molecule has 0 spiro atoms. The van der Waals surface area contributed by atoms with Gasteiger partial charge >= 0.3 is 0 Å². The molecule has 10 aliphatic carbocycles. The molecule has 34 rings (SSSR count). The molecule has 654 valence electrons. The van der Waals surface area contributed by atoms with Crippen molar-refractivity contribution in [2.45, 2.75) is 77.6 Å². The molecule has 0 heterocycles. The Bertz CT molecular complexity index is 9710. The van der Waals surface area contributed by atoms with Gasteiger partial charge in [0, 0.05) is 0 Å². The van der Waals surface area contributed by atoms with Gasteiger partial charge in [0.15, 0.2) is 0 Å². The van der Waals surface area contributed by atoms with E-state index in [2.05, 4.69) is 426 Å². The molecule has 0 nitrogen and oxygen atoms in total. The normalized spacial score (nSPS) is 13.8. The van der Waals surface area contributed by atoms with Gasteiger partial charge in [-0.2, -0.15) is 0 Å². The van der Waals surface area contributed by atoms with Gasteiger partial charge in [-0.05, 0) is 463 Å². The van der Waals surface area contributed by atoms with E-state index in [4.69, 9.17) is 0 Å². The third-order valence-electron chi connectivity index (χ3n) is 33.4. The fourth-order valence-corrected chi connectivity index (χ4v) is 27.0. The van der Waals surface area contributed by atoms with E-state index in [1.165, 1.54) is 326 Å². The molecule has 0 atom stereocenters. The number of rotatable bonds is 1. The molecule has 24 aromatic rings. The molecule has 0 saturated heterocycles. The first kappa shape index (κ1) is 79.6. The van der Waals surface area contributed by atoms with Gasteiger partial charge in [0.05, 0.1) is 0 Å². The first-order valence-electron chi connectivity index (χ1n) is 50.4. The summed E-state index contributed by atoms with van der Waals surface area (Å²) in [6.07, 6.45) is 16.5. The Morgan fingerprint density at radius 1 is 0.171 bits per heavy atom. The van der Waals surface area contributed by atoms with E-state index in [1.807, 2.05) is 0 Å². The second kappa shape index (κ2) is 31.2. The third-order valence-corrected chi connectivity index (χ3v) is 33.4.